The Balaban J connectivity index is 2.29. The Hall–Kier alpha value is -2.66. The fraction of sp³-hybridized carbons (Fsp3) is 0.150. The third-order valence-electron chi connectivity index (χ3n) is 4.21. The van der Waals surface area contributed by atoms with Crippen LogP contribution in [0.5, 0.6) is 0 Å². The number of pyridine rings is 1. The molecule has 0 fully saturated rings. The van der Waals surface area contributed by atoms with Gasteiger partial charge < -0.3 is 5.11 Å². The molecule has 0 spiro atoms. The van der Waals surface area contributed by atoms with Gasteiger partial charge in [0.15, 0.2) is 5.60 Å². The minimum absolute atomic E-state index is 0.208. The Bertz CT molecular complexity index is 767. The first kappa shape index (κ1) is 17.2. The van der Waals surface area contributed by atoms with Crippen molar-refractivity contribution in [1.82, 2.24) is 4.98 Å². The predicted molar refractivity (Wildman–Crippen MR) is 88.9 cm³/mol. The molecule has 0 radical (unpaired) electrons. The average Bonchev–Trinajstić information content (AvgIpc) is 2.63. The largest absolute Gasteiger partial charge is 0.422 e. The lowest BCUT2D eigenvalue weighted by Gasteiger charge is -2.38. The molecule has 1 aromatic heterocycles. The van der Waals surface area contributed by atoms with Crippen LogP contribution in [0.4, 0.5) is 13.2 Å². The molecule has 2 nitrogen and oxygen atoms in total. The van der Waals surface area contributed by atoms with E-state index in [9.17, 15) is 18.3 Å². The highest BCUT2D eigenvalue weighted by atomic mass is 19.4. The summed E-state index contributed by atoms with van der Waals surface area (Å²) in [6, 6.07) is 18.5. The Morgan fingerprint density at radius 2 is 1.32 bits per heavy atom. The van der Waals surface area contributed by atoms with Gasteiger partial charge in [-0.05, 0) is 22.8 Å². The van der Waals surface area contributed by atoms with E-state index in [1.165, 1.54) is 36.7 Å². The molecule has 0 saturated carbocycles. The van der Waals surface area contributed by atoms with E-state index in [1.54, 1.807) is 48.5 Å². The van der Waals surface area contributed by atoms with Crippen molar-refractivity contribution in [3.05, 3.63) is 102 Å². The van der Waals surface area contributed by atoms with Crippen LogP contribution in [-0.2, 0) is 5.60 Å². The summed E-state index contributed by atoms with van der Waals surface area (Å²) in [5.41, 5.74) is -2.64. The van der Waals surface area contributed by atoms with Crippen molar-refractivity contribution in [2.24, 2.45) is 0 Å². The van der Waals surface area contributed by atoms with Gasteiger partial charge in [0.1, 0.15) is 0 Å². The summed E-state index contributed by atoms with van der Waals surface area (Å²) in [6.07, 6.45) is -2.04. The number of aromatic nitrogens is 1. The molecule has 0 aliphatic carbocycles. The second-order valence-electron chi connectivity index (χ2n) is 5.76. The lowest BCUT2D eigenvalue weighted by atomic mass is 9.73. The van der Waals surface area contributed by atoms with Gasteiger partial charge in [0.2, 0.25) is 0 Å². The van der Waals surface area contributed by atoms with Gasteiger partial charge in [0.25, 0.3) is 0 Å². The molecule has 0 unspecified atom stereocenters. The average molecular weight is 343 g/mol. The van der Waals surface area contributed by atoms with E-state index >= 15 is 0 Å². The lowest BCUT2D eigenvalue weighted by molar-refractivity contribution is -0.272. The molecule has 2 aromatic carbocycles. The molecule has 3 rings (SSSR count). The minimum atomic E-state index is -4.88. The van der Waals surface area contributed by atoms with Crippen LogP contribution >= 0.6 is 0 Å². The zero-order valence-corrected chi connectivity index (χ0v) is 13.2. The first-order valence-electron chi connectivity index (χ1n) is 7.74. The van der Waals surface area contributed by atoms with Crippen molar-refractivity contribution in [3.63, 3.8) is 0 Å². The Kier molecular flexibility index (Phi) is 4.59. The molecule has 0 aliphatic heterocycles. The van der Waals surface area contributed by atoms with Crippen LogP contribution in [0.25, 0.3) is 0 Å². The molecule has 128 valence electrons. The van der Waals surface area contributed by atoms with E-state index in [4.69, 9.17) is 0 Å². The second-order valence-corrected chi connectivity index (χ2v) is 5.76. The van der Waals surface area contributed by atoms with Crippen LogP contribution < -0.4 is 0 Å². The van der Waals surface area contributed by atoms with Gasteiger partial charge in [0, 0.05) is 12.4 Å². The summed E-state index contributed by atoms with van der Waals surface area (Å²) in [5, 5.41) is 11.0. The molecule has 5 heteroatoms. The first-order chi connectivity index (χ1) is 11.9. The molecule has 0 aliphatic rings. The van der Waals surface area contributed by atoms with E-state index < -0.39 is 17.7 Å². The van der Waals surface area contributed by atoms with E-state index in [0.29, 0.717) is 5.56 Å². The van der Waals surface area contributed by atoms with Gasteiger partial charge in [0.05, 0.1) is 5.92 Å². The van der Waals surface area contributed by atoms with Crippen LogP contribution in [0.2, 0.25) is 0 Å². The van der Waals surface area contributed by atoms with Gasteiger partial charge in [-0.25, -0.2) is 0 Å². The van der Waals surface area contributed by atoms with Crippen LogP contribution in [0.15, 0.2) is 85.2 Å². The molecule has 0 bridgehead atoms. The molecule has 1 heterocycles. The zero-order chi connectivity index (χ0) is 17.9. The fourth-order valence-electron chi connectivity index (χ4n) is 3.05. The van der Waals surface area contributed by atoms with Crippen LogP contribution in [0, 0.1) is 0 Å². The molecule has 0 amide bonds. The van der Waals surface area contributed by atoms with E-state index in [-0.39, 0.29) is 11.1 Å². The number of nitrogens with zero attached hydrogens (tertiary/aromatic N) is 1. The SMILES string of the molecule is O[C@](c1ccccc1)([C@@H](c1ccccc1)c1cccnc1)C(F)(F)F. The zero-order valence-electron chi connectivity index (χ0n) is 13.2. The number of rotatable bonds is 4. The van der Waals surface area contributed by atoms with E-state index in [0.717, 1.165) is 0 Å². The number of aliphatic hydroxyl groups is 1. The van der Waals surface area contributed by atoms with Crippen LogP contribution in [-0.4, -0.2) is 16.3 Å². The normalized spacial score (nSPS) is 15.4. The topological polar surface area (TPSA) is 33.1 Å². The van der Waals surface area contributed by atoms with Crippen LogP contribution in [0.3, 0.4) is 0 Å². The summed E-state index contributed by atoms with van der Waals surface area (Å²) in [6.45, 7) is 0. The van der Waals surface area contributed by atoms with Gasteiger partial charge in [-0.3, -0.25) is 4.98 Å². The lowest BCUT2D eigenvalue weighted by Crippen LogP contribution is -2.47. The number of halogens is 3. The maximum Gasteiger partial charge on any atom is 0.422 e. The molecule has 0 saturated heterocycles. The Morgan fingerprint density at radius 1 is 0.760 bits per heavy atom. The third-order valence-corrected chi connectivity index (χ3v) is 4.21. The number of hydrogen-bond donors (Lipinski definition) is 1. The highest BCUT2D eigenvalue weighted by Crippen LogP contribution is 2.51. The highest BCUT2D eigenvalue weighted by molar-refractivity contribution is 5.40. The Morgan fingerprint density at radius 3 is 1.84 bits per heavy atom. The summed E-state index contributed by atoms with van der Waals surface area (Å²) in [5.74, 6) is -1.34. The van der Waals surface area contributed by atoms with Crippen molar-refractivity contribution in [1.29, 1.82) is 0 Å². The molecule has 25 heavy (non-hydrogen) atoms. The van der Waals surface area contributed by atoms with Crippen molar-refractivity contribution >= 4 is 0 Å². The third kappa shape index (κ3) is 3.15. The monoisotopic (exact) mass is 343 g/mol. The van der Waals surface area contributed by atoms with E-state index in [1.807, 2.05) is 0 Å². The molecule has 1 N–H and O–H groups in total. The second kappa shape index (κ2) is 6.69. The first-order valence-corrected chi connectivity index (χ1v) is 7.74. The van der Waals surface area contributed by atoms with Crippen LogP contribution in [0.1, 0.15) is 22.6 Å². The van der Waals surface area contributed by atoms with Gasteiger partial charge >= 0.3 is 6.18 Å². The highest BCUT2D eigenvalue weighted by Gasteiger charge is 2.60. The maximum atomic E-state index is 14.1. The minimum Gasteiger partial charge on any atom is -0.376 e. The number of hydrogen-bond acceptors (Lipinski definition) is 2. The molecule has 3 aromatic rings. The summed E-state index contributed by atoms with van der Waals surface area (Å²) >= 11 is 0. The summed E-state index contributed by atoms with van der Waals surface area (Å²) in [7, 11) is 0. The van der Waals surface area contributed by atoms with Crippen molar-refractivity contribution in [2.45, 2.75) is 17.7 Å². The number of benzene rings is 2. The molecular weight excluding hydrogens is 327 g/mol. The van der Waals surface area contributed by atoms with Crippen molar-refractivity contribution in [3.8, 4) is 0 Å². The van der Waals surface area contributed by atoms with E-state index in [2.05, 4.69) is 4.98 Å². The number of alkyl halides is 3. The quantitative estimate of drug-likeness (QED) is 0.747. The predicted octanol–water partition coefficient (Wildman–Crippen LogP) is 4.66. The standard InChI is InChI=1S/C20H16F3NO/c21-20(22,23)19(25,17-11-5-2-6-12-17)18(15-8-3-1-4-9-15)16-10-7-13-24-14-16/h1-14,18,25H/t18-,19+/m0/s1. The van der Waals surface area contributed by atoms with Gasteiger partial charge in [-0.1, -0.05) is 66.7 Å². The van der Waals surface area contributed by atoms with Gasteiger partial charge in [-0.15, -0.1) is 0 Å². The van der Waals surface area contributed by atoms with Gasteiger partial charge in [-0.2, -0.15) is 13.2 Å². The van der Waals surface area contributed by atoms with Crippen molar-refractivity contribution in [2.75, 3.05) is 0 Å². The maximum absolute atomic E-state index is 14.1. The summed E-state index contributed by atoms with van der Waals surface area (Å²) in [4.78, 5) is 3.94. The Labute approximate surface area is 143 Å². The smallest absolute Gasteiger partial charge is 0.376 e. The molecular formula is C20H16F3NO. The van der Waals surface area contributed by atoms with Crippen molar-refractivity contribution < 1.29 is 18.3 Å². The molecule has 2 atom stereocenters. The fourth-order valence-corrected chi connectivity index (χ4v) is 3.05. The summed E-state index contributed by atoms with van der Waals surface area (Å²) < 4.78 is 42.4.